The van der Waals surface area contributed by atoms with Gasteiger partial charge in [0.15, 0.2) is 5.96 Å². The van der Waals surface area contributed by atoms with Crippen LogP contribution in [0.4, 0.5) is 14.4 Å². The molecule has 0 aliphatic heterocycles. The quantitative estimate of drug-likeness (QED) is 0.0207. The zero-order valence-corrected chi connectivity index (χ0v) is 40.9. The minimum Gasteiger partial charge on any atom is -0.444 e. The number of hydrogen-bond acceptors (Lipinski definition) is 12. The average molecular weight is 940 g/mol. The van der Waals surface area contributed by atoms with E-state index in [9.17, 15) is 33.6 Å². The zero-order valence-electron chi connectivity index (χ0n) is 40.9. The maximum Gasteiger partial charge on any atom is 0.514 e. The van der Waals surface area contributed by atoms with Gasteiger partial charge in [0.1, 0.15) is 46.7 Å². The SMILES string of the molecule is Cc1cc(OC(=O)OC(C)(C)C)cc(C)c1C[C@H](NC(=O)[C@H](CCCN=C(N)N)NC(=O)OC(C)(C)C)C(=O)N[C@@H](CCCCNC(=O)OC(C)(C)C)C(=O)N[C@@H](Cc1ccccc1)C(N)=O. The van der Waals surface area contributed by atoms with E-state index in [2.05, 4.69) is 31.6 Å². The highest BCUT2D eigenvalue weighted by molar-refractivity contribution is 5.95. The Balaban J connectivity index is 2.58. The standard InChI is InChI=1S/C47H73N9O11/c1-28-24-31(64-44(63)67-47(9,10)11)25-29(2)32(28)27-36(55-39(59)34(21-17-23-51-41(49)50)56-43(62)66-46(6,7)8)40(60)53-33(20-15-16-22-52-42(61)65-45(3,4)5)38(58)54-35(37(48)57)26-30-18-13-12-14-19-30/h12-14,18-19,24-25,33-36H,15-17,20-23,26-27H2,1-11H3,(H2,48,57)(H,52,61)(H,53,60)(H,54,58)(H,55,59)(H,56,62)(H4,49,50,51)/t33-,34-,35-,36-/m0/s1. The summed E-state index contributed by atoms with van der Waals surface area (Å²) < 4.78 is 21.5. The van der Waals surface area contributed by atoms with Crippen molar-refractivity contribution < 1.29 is 52.5 Å². The number of alkyl carbamates (subject to hydrolysis) is 2. The number of nitrogens with two attached hydrogens (primary N) is 3. The summed E-state index contributed by atoms with van der Waals surface area (Å²) in [6.45, 7) is 19.1. The Morgan fingerprint density at radius 1 is 0.597 bits per heavy atom. The van der Waals surface area contributed by atoms with Crippen LogP contribution in [0.25, 0.3) is 0 Å². The molecule has 0 fully saturated rings. The van der Waals surface area contributed by atoms with Crippen LogP contribution >= 0.6 is 0 Å². The molecule has 2 aromatic rings. The van der Waals surface area contributed by atoms with Crippen LogP contribution in [0.3, 0.4) is 0 Å². The molecule has 0 aromatic heterocycles. The minimum absolute atomic E-state index is 0.0310. The molecule has 2 rings (SSSR count). The van der Waals surface area contributed by atoms with Crippen molar-refractivity contribution in [2.75, 3.05) is 13.1 Å². The summed E-state index contributed by atoms with van der Waals surface area (Å²) >= 11 is 0. The van der Waals surface area contributed by atoms with Crippen LogP contribution in [0.5, 0.6) is 5.75 Å². The first-order chi connectivity index (χ1) is 31.0. The van der Waals surface area contributed by atoms with E-state index >= 15 is 0 Å². The lowest BCUT2D eigenvalue weighted by Crippen LogP contribution is -2.59. The van der Waals surface area contributed by atoms with Gasteiger partial charge in [-0.3, -0.25) is 24.2 Å². The molecule has 4 atom stereocenters. The molecular weight excluding hydrogens is 867 g/mol. The summed E-state index contributed by atoms with van der Waals surface area (Å²) in [4.78, 5) is 97.4. The molecule has 0 radical (unpaired) electrons. The molecule has 20 heteroatoms. The number of guanidine groups is 1. The number of carbonyl (C=O) groups is 7. The molecule has 0 bridgehead atoms. The first-order valence-electron chi connectivity index (χ1n) is 22.3. The van der Waals surface area contributed by atoms with Gasteiger partial charge in [0, 0.05) is 25.9 Å². The van der Waals surface area contributed by atoms with Gasteiger partial charge in [-0.15, -0.1) is 0 Å². The normalized spacial score (nSPS) is 13.3. The Morgan fingerprint density at radius 2 is 1.09 bits per heavy atom. The fraction of sp³-hybridized carbons (Fsp3) is 0.574. The molecule has 6 amide bonds. The van der Waals surface area contributed by atoms with Crippen LogP contribution in [0.2, 0.25) is 0 Å². The van der Waals surface area contributed by atoms with E-state index < -0.39 is 82.9 Å². The molecule has 372 valence electrons. The Kier molecular flexibility index (Phi) is 21.9. The number of rotatable bonds is 22. The van der Waals surface area contributed by atoms with Crippen molar-refractivity contribution >= 4 is 47.9 Å². The van der Waals surface area contributed by atoms with E-state index in [4.69, 9.17) is 36.1 Å². The predicted molar refractivity (Wildman–Crippen MR) is 253 cm³/mol. The number of nitrogens with zero attached hydrogens (tertiary/aromatic N) is 1. The van der Waals surface area contributed by atoms with Crippen molar-refractivity contribution in [2.24, 2.45) is 22.2 Å². The predicted octanol–water partition coefficient (Wildman–Crippen LogP) is 3.98. The summed E-state index contributed by atoms with van der Waals surface area (Å²) in [5, 5.41) is 13.5. The fourth-order valence-electron chi connectivity index (χ4n) is 6.47. The first kappa shape index (κ1) is 56.5. The summed E-state index contributed by atoms with van der Waals surface area (Å²) in [5.74, 6) is -3.06. The Labute approximate surface area is 394 Å². The minimum atomic E-state index is -1.39. The number of unbranched alkanes of at least 4 members (excludes halogenated alkanes) is 1. The lowest BCUT2D eigenvalue weighted by atomic mass is 9.94. The molecule has 0 heterocycles. The van der Waals surface area contributed by atoms with Gasteiger partial charge in [-0.2, -0.15) is 0 Å². The number of ether oxygens (including phenoxy) is 4. The van der Waals surface area contributed by atoms with E-state index in [0.29, 0.717) is 29.5 Å². The number of benzene rings is 2. The van der Waals surface area contributed by atoms with Gasteiger partial charge >= 0.3 is 18.3 Å². The van der Waals surface area contributed by atoms with E-state index in [0.717, 1.165) is 5.56 Å². The molecule has 11 N–H and O–H groups in total. The number of hydrogen-bond donors (Lipinski definition) is 8. The van der Waals surface area contributed by atoms with Gasteiger partial charge in [0.05, 0.1) is 0 Å². The fourth-order valence-corrected chi connectivity index (χ4v) is 6.47. The maximum absolute atomic E-state index is 14.6. The smallest absolute Gasteiger partial charge is 0.444 e. The molecule has 0 aliphatic carbocycles. The largest absolute Gasteiger partial charge is 0.514 e. The summed E-state index contributed by atoms with van der Waals surface area (Å²) in [7, 11) is 0. The van der Waals surface area contributed by atoms with Crippen molar-refractivity contribution in [3.63, 3.8) is 0 Å². The van der Waals surface area contributed by atoms with Gasteiger partial charge in [-0.1, -0.05) is 30.3 Å². The van der Waals surface area contributed by atoms with Crippen LogP contribution < -0.4 is 48.5 Å². The highest BCUT2D eigenvalue weighted by Gasteiger charge is 2.33. The van der Waals surface area contributed by atoms with Gasteiger partial charge in [-0.05, 0) is 143 Å². The van der Waals surface area contributed by atoms with Crippen molar-refractivity contribution in [2.45, 2.75) is 162 Å². The van der Waals surface area contributed by atoms with E-state index in [-0.39, 0.29) is 56.9 Å². The van der Waals surface area contributed by atoms with Gasteiger partial charge < -0.3 is 62.7 Å². The number of carbonyl (C=O) groups excluding carboxylic acids is 7. The molecule has 0 saturated heterocycles. The monoisotopic (exact) mass is 940 g/mol. The molecule has 2 aromatic carbocycles. The second-order valence-corrected chi connectivity index (χ2v) is 19.2. The molecule has 0 spiro atoms. The van der Waals surface area contributed by atoms with Crippen molar-refractivity contribution in [1.82, 2.24) is 26.6 Å². The van der Waals surface area contributed by atoms with E-state index in [1.165, 1.54) is 0 Å². The zero-order chi connectivity index (χ0) is 50.7. The summed E-state index contributed by atoms with van der Waals surface area (Å²) in [6, 6.07) is 7.03. The first-order valence-corrected chi connectivity index (χ1v) is 22.3. The molecular formula is C47H73N9O11. The second kappa shape index (κ2) is 25.9. The number of nitrogens with one attached hydrogen (secondary N) is 5. The Morgan fingerprint density at radius 3 is 1.63 bits per heavy atom. The van der Waals surface area contributed by atoms with Crippen LogP contribution in [-0.4, -0.2) is 102 Å². The lowest BCUT2D eigenvalue weighted by molar-refractivity contribution is -0.133. The molecule has 0 aliphatic rings. The third-order valence-corrected chi connectivity index (χ3v) is 9.42. The highest BCUT2D eigenvalue weighted by atomic mass is 16.7. The van der Waals surface area contributed by atoms with E-state index in [1.54, 1.807) is 119 Å². The Bertz CT molecular complexity index is 2010. The summed E-state index contributed by atoms with van der Waals surface area (Å²) in [5.41, 5.74) is 16.8. The van der Waals surface area contributed by atoms with Crippen LogP contribution in [0.15, 0.2) is 47.5 Å². The van der Waals surface area contributed by atoms with Crippen LogP contribution in [0.1, 0.15) is 117 Å². The average Bonchev–Trinajstić information content (AvgIpc) is 3.17. The molecule has 20 nitrogen and oxygen atoms in total. The molecule has 0 unspecified atom stereocenters. The van der Waals surface area contributed by atoms with Crippen molar-refractivity contribution in [3.05, 3.63) is 64.7 Å². The van der Waals surface area contributed by atoms with Crippen LogP contribution in [0, 0.1) is 13.8 Å². The highest BCUT2D eigenvalue weighted by Crippen LogP contribution is 2.25. The van der Waals surface area contributed by atoms with E-state index in [1.807, 2.05) is 0 Å². The van der Waals surface area contributed by atoms with Gasteiger partial charge in [0.2, 0.25) is 23.6 Å². The summed E-state index contributed by atoms with van der Waals surface area (Å²) in [6.07, 6.45) is -1.50. The molecule has 0 saturated carbocycles. The van der Waals surface area contributed by atoms with Gasteiger partial charge in [-0.25, -0.2) is 14.4 Å². The molecule has 67 heavy (non-hydrogen) atoms. The number of aryl methyl sites for hydroxylation is 2. The van der Waals surface area contributed by atoms with Gasteiger partial charge in [0.25, 0.3) is 0 Å². The third kappa shape index (κ3) is 23.4. The third-order valence-electron chi connectivity index (χ3n) is 9.42. The maximum atomic E-state index is 14.6. The van der Waals surface area contributed by atoms with Crippen molar-refractivity contribution in [1.29, 1.82) is 0 Å². The number of primary amides is 1. The topological polar surface area (TPSA) is 307 Å². The second-order valence-electron chi connectivity index (χ2n) is 19.2. The van der Waals surface area contributed by atoms with Crippen molar-refractivity contribution in [3.8, 4) is 5.75 Å². The lowest BCUT2D eigenvalue weighted by Gasteiger charge is -2.28. The van der Waals surface area contributed by atoms with Crippen LogP contribution in [-0.2, 0) is 46.2 Å². The number of amides is 6. The Hall–Kier alpha value is -6.60. The number of aliphatic imine (C=N–C) groups is 1.